The van der Waals surface area contributed by atoms with Crippen molar-refractivity contribution >= 4 is 15.9 Å². The zero-order valence-electron chi connectivity index (χ0n) is 7.52. The minimum Gasteiger partial charge on any atom is -0.390 e. The fraction of sp³-hybridized carbons (Fsp3) is 0.375. The van der Waals surface area contributed by atoms with E-state index in [1.54, 1.807) is 0 Å². The molecule has 0 bridgehead atoms. The molecule has 0 saturated heterocycles. The van der Waals surface area contributed by atoms with E-state index in [4.69, 9.17) is 5.11 Å². The quantitative estimate of drug-likeness (QED) is 0.851. The van der Waals surface area contributed by atoms with Crippen LogP contribution in [0, 0.1) is 0 Å². The van der Waals surface area contributed by atoms with E-state index in [-0.39, 0.29) is 0 Å². The number of rotatable bonds is 2. The van der Waals surface area contributed by atoms with Gasteiger partial charge in [0.1, 0.15) is 5.69 Å². The van der Waals surface area contributed by atoms with Gasteiger partial charge in [-0.15, -0.1) is 0 Å². The standard InChI is InChI=1S/C8H5BrF5NO/c9-3-1-4(7(10)11)15-5(2-16)6(3)8(12,13)14/h1,7,16H,2H2. The van der Waals surface area contributed by atoms with Gasteiger partial charge in [-0.05, 0) is 6.07 Å². The van der Waals surface area contributed by atoms with Crippen LogP contribution in [0.1, 0.15) is 23.4 Å². The van der Waals surface area contributed by atoms with Crippen LogP contribution >= 0.6 is 15.9 Å². The third-order valence-corrected chi connectivity index (χ3v) is 2.35. The van der Waals surface area contributed by atoms with Crippen LogP contribution in [0.5, 0.6) is 0 Å². The molecule has 0 unspecified atom stereocenters. The molecule has 0 aliphatic carbocycles. The van der Waals surface area contributed by atoms with Crippen molar-refractivity contribution in [2.75, 3.05) is 0 Å². The van der Waals surface area contributed by atoms with Crippen molar-refractivity contribution in [1.82, 2.24) is 4.98 Å². The topological polar surface area (TPSA) is 33.1 Å². The van der Waals surface area contributed by atoms with Crippen molar-refractivity contribution in [3.05, 3.63) is 27.5 Å². The molecule has 1 N–H and O–H groups in total. The summed E-state index contributed by atoms with van der Waals surface area (Å²) in [7, 11) is 0. The molecular formula is C8H5BrF5NO. The Morgan fingerprint density at radius 1 is 1.38 bits per heavy atom. The predicted molar refractivity (Wildman–Crippen MR) is 47.8 cm³/mol. The van der Waals surface area contributed by atoms with Crippen molar-refractivity contribution in [3.8, 4) is 0 Å². The van der Waals surface area contributed by atoms with Crippen molar-refractivity contribution in [2.24, 2.45) is 0 Å². The molecule has 2 nitrogen and oxygen atoms in total. The second-order valence-corrected chi connectivity index (χ2v) is 3.66. The summed E-state index contributed by atoms with van der Waals surface area (Å²) < 4.78 is 61.3. The molecule has 1 aromatic rings. The molecule has 0 saturated carbocycles. The Labute approximate surface area is 95.2 Å². The van der Waals surface area contributed by atoms with Crippen molar-refractivity contribution in [2.45, 2.75) is 19.2 Å². The SMILES string of the molecule is OCc1nc(C(F)F)cc(Br)c1C(F)(F)F. The summed E-state index contributed by atoms with van der Waals surface area (Å²) in [6, 6.07) is 0.590. The number of nitrogens with zero attached hydrogens (tertiary/aromatic N) is 1. The Kier molecular flexibility index (Phi) is 3.84. The minimum atomic E-state index is -4.76. The van der Waals surface area contributed by atoms with Gasteiger partial charge in [0.25, 0.3) is 6.43 Å². The Bertz CT molecular complexity index is 393. The molecule has 0 aliphatic rings. The monoisotopic (exact) mass is 305 g/mol. The third kappa shape index (κ3) is 2.67. The van der Waals surface area contributed by atoms with Crippen LogP contribution in [0.25, 0.3) is 0 Å². The van der Waals surface area contributed by atoms with E-state index in [1.165, 1.54) is 0 Å². The predicted octanol–water partition coefficient (Wildman–Crippen LogP) is 3.29. The summed E-state index contributed by atoms with van der Waals surface area (Å²) in [6.07, 6.45) is -7.76. The number of aromatic nitrogens is 1. The first-order valence-corrected chi connectivity index (χ1v) is 4.72. The number of pyridine rings is 1. The van der Waals surface area contributed by atoms with Crippen LogP contribution in [0.2, 0.25) is 0 Å². The molecule has 0 radical (unpaired) electrons. The smallest absolute Gasteiger partial charge is 0.390 e. The molecule has 0 fully saturated rings. The first kappa shape index (κ1) is 13.3. The highest BCUT2D eigenvalue weighted by molar-refractivity contribution is 9.10. The summed E-state index contributed by atoms with van der Waals surface area (Å²) in [6.45, 7) is -1.06. The lowest BCUT2D eigenvalue weighted by Gasteiger charge is -2.14. The number of aliphatic hydroxyl groups is 1. The van der Waals surface area contributed by atoms with Gasteiger partial charge >= 0.3 is 6.18 Å². The molecule has 1 heterocycles. The number of hydrogen-bond acceptors (Lipinski definition) is 2. The number of halogens is 6. The molecule has 8 heteroatoms. The largest absolute Gasteiger partial charge is 0.419 e. The van der Waals surface area contributed by atoms with Crippen LogP contribution in [0.4, 0.5) is 22.0 Å². The molecule has 0 atom stereocenters. The summed E-state index contributed by atoms with van der Waals surface area (Å²) in [4.78, 5) is 3.07. The van der Waals surface area contributed by atoms with Crippen LogP contribution in [-0.2, 0) is 12.8 Å². The lowest BCUT2D eigenvalue weighted by Crippen LogP contribution is -2.13. The van der Waals surface area contributed by atoms with Crippen molar-refractivity contribution < 1.29 is 27.1 Å². The van der Waals surface area contributed by atoms with E-state index in [9.17, 15) is 22.0 Å². The van der Waals surface area contributed by atoms with Gasteiger partial charge in [0.15, 0.2) is 0 Å². The molecule has 0 amide bonds. The third-order valence-electron chi connectivity index (χ3n) is 1.72. The van der Waals surface area contributed by atoms with Gasteiger partial charge in [-0.3, -0.25) is 0 Å². The van der Waals surface area contributed by atoms with Gasteiger partial charge < -0.3 is 5.11 Å². The molecule has 16 heavy (non-hydrogen) atoms. The van der Waals surface area contributed by atoms with E-state index >= 15 is 0 Å². The van der Waals surface area contributed by atoms with Gasteiger partial charge in [0, 0.05) is 4.47 Å². The van der Waals surface area contributed by atoms with Crippen LogP contribution in [0.15, 0.2) is 10.5 Å². The fourth-order valence-electron chi connectivity index (χ4n) is 1.11. The van der Waals surface area contributed by atoms with Gasteiger partial charge in [-0.25, -0.2) is 13.8 Å². The molecule has 0 aromatic carbocycles. The first-order chi connectivity index (χ1) is 7.27. The lowest BCUT2D eigenvalue weighted by atomic mass is 10.1. The Morgan fingerprint density at radius 2 is 1.94 bits per heavy atom. The second kappa shape index (κ2) is 4.62. The average molecular weight is 306 g/mol. The number of alkyl halides is 5. The van der Waals surface area contributed by atoms with Gasteiger partial charge in [0.05, 0.1) is 17.9 Å². The highest BCUT2D eigenvalue weighted by Crippen LogP contribution is 2.38. The van der Waals surface area contributed by atoms with Crippen LogP contribution in [-0.4, -0.2) is 10.1 Å². The van der Waals surface area contributed by atoms with Crippen LogP contribution < -0.4 is 0 Å². The van der Waals surface area contributed by atoms with E-state index < -0.39 is 40.6 Å². The molecular weight excluding hydrogens is 301 g/mol. The van der Waals surface area contributed by atoms with E-state index in [1.807, 2.05) is 0 Å². The minimum absolute atomic E-state index is 0.561. The van der Waals surface area contributed by atoms with E-state index in [0.29, 0.717) is 6.07 Å². The molecule has 0 aliphatic heterocycles. The highest BCUT2D eigenvalue weighted by atomic mass is 79.9. The molecule has 1 rings (SSSR count). The fourth-order valence-corrected chi connectivity index (χ4v) is 1.80. The zero-order chi connectivity index (χ0) is 12.5. The van der Waals surface area contributed by atoms with E-state index in [0.717, 1.165) is 0 Å². The van der Waals surface area contributed by atoms with Gasteiger partial charge in [-0.1, -0.05) is 15.9 Å². The Balaban J connectivity index is 3.41. The number of hydrogen-bond donors (Lipinski definition) is 1. The molecule has 0 spiro atoms. The summed E-state index contributed by atoms with van der Waals surface area (Å²) in [5.74, 6) is 0. The second-order valence-electron chi connectivity index (χ2n) is 2.81. The van der Waals surface area contributed by atoms with E-state index in [2.05, 4.69) is 20.9 Å². The maximum absolute atomic E-state index is 12.5. The molecule has 1 aromatic heterocycles. The van der Waals surface area contributed by atoms with Crippen LogP contribution in [0.3, 0.4) is 0 Å². The first-order valence-electron chi connectivity index (χ1n) is 3.93. The normalized spacial score (nSPS) is 12.2. The number of aliphatic hydroxyl groups excluding tert-OH is 1. The summed E-state index contributed by atoms with van der Waals surface area (Å²) >= 11 is 2.54. The molecule has 90 valence electrons. The lowest BCUT2D eigenvalue weighted by molar-refractivity contribution is -0.139. The summed E-state index contributed by atoms with van der Waals surface area (Å²) in [5.41, 5.74) is -2.87. The average Bonchev–Trinajstić information content (AvgIpc) is 2.14. The Hall–Kier alpha value is -0.760. The summed E-state index contributed by atoms with van der Waals surface area (Å²) in [5, 5.41) is 8.68. The highest BCUT2D eigenvalue weighted by Gasteiger charge is 2.37. The maximum Gasteiger partial charge on any atom is 0.419 e. The van der Waals surface area contributed by atoms with Crippen molar-refractivity contribution in [3.63, 3.8) is 0 Å². The van der Waals surface area contributed by atoms with Gasteiger partial charge in [-0.2, -0.15) is 13.2 Å². The van der Waals surface area contributed by atoms with Gasteiger partial charge in [0.2, 0.25) is 0 Å². The maximum atomic E-state index is 12.5. The zero-order valence-corrected chi connectivity index (χ0v) is 9.11. The van der Waals surface area contributed by atoms with Crippen molar-refractivity contribution in [1.29, 1.82) is 0 Å². The Morgan fingerprint density at radius 3 is 2.31 bits per heavy atom.